The van der Waals surface area contributed by atoms with Crippen molar-refractivity contribution in [3.63, 3.8) is 0 Å². The van der Waals surface area contributed by atoms with Gasteiger partial charge in [-0.1, -0.05) is 264 Å². The molecule has 0 aromatic rings. The van der Waals surface area contributed by atoms with Crippen LogP contribution in [0.2, 0.25) is 0 Å². The Kier molecular flexibility index (Phi) is 52.0. The van der Waals surface area contributed by atoms with Gasteiger partial charge in [0.25, 0.3) is 0 Å². The summed E-state index contributed by atoms with van der Waals surface area (Å²) in [6.07, 6.45) is 61.9. The third-order valence-corrected chi connectivity index (χ3v) is 13.3. The van der Waals surface area contributed by atoms with Crippen LogP contribution in [0.25, 0.3) is 0 Å². The van der Waals surface area contributed by atoms with Crippen molar-refractivity contribution < 1.29 is 24.5 Å². The molecule has 0 fully saturated rings. The zero-order chi connectivity index (χ0) is 45.8. The van der Waals surface area contributed by atoms with Crippen LogP contribution in [0.1, 0.15) is 316 Å². The van der Waals surface area contributed by atoms with Crippen LogP contribution in [0, 0.1) is 0 Å². The van der Waals surface area contributed by atoms with Crippen molar-refractivity contribution in [1.29, 1.82) is 0 Å². The molecule has 0 aliphatic heterocycles. The van der Waals surface area contributed by atoms with Crippen LogP contribution in [0.15, 0.2) is 12.2 Å². The summed E-state index contributed by atoms with van der Waals surface area (Å²) in [6.45, 7) is 4.95. The maximum absolute atomic E-state index is 12.5. The molecule has 6 nitrogen and oxygen atoms in total. The Morgan fingerprint density at radius 2 is 0.746 bits per heavy atom. The molecule has 0 aliphatic carbocycles. The van der Waals surface area contributed by atoms with Gasteiger partial charge in [-0.25, -0.2) is 0 Å². The van der Waals surface area contributed by atoms with Crippen molar-refractivity contribution in [2.75, 3.05) is 13.2 Å². The molecule has 2 atom stereocenters. The lowest BCUT2D eigenvalue weighted by Gasteiger charge is -2.22. The van der Waals surface area contributed by atoms with Gasteiger partial charge in [-0.15, -0.1) is 0 Å². The first kappa shape index (κ1) is 61.6. The molecule has 2 unspecified atom stereocenters. The molecule has 0 bridgehead atoms. The standard InChI is InChI=1S/C57H111NO5/c1-3-5-7-9-11-13-15-17-22-25-29-33-37-41-45-49-55(60)54(53-59)58-56(61)50-46-42-38-34-30-26-23-20-19-21-24-28-32-36-40-44-48-52-63-57(62)51-47-43-39-35-31-27-18-16-14-12-10-8-6-4-2/h19,21,54-55,59-60H,3-18,20,22-53H2,1-2H3,(H,58,61)/b21-19-. The van der Waals surface area contributed by atoms with Gasteiger partial charge in [0.2, 0.25) is 5.91 Å². The van der Waals surface area contributed by atoms with E-state index in [0.717, 1.165) is 51.4 Å². The summed E-state index contributed by atoms with van der Waals surface area (Å²) in [7, 11) is 0. The number of amides is 1. The molecule has 3 N–H and O–H groups in total. The van der Waals surface area contributed by atoms with Gasteiger partial charge in [-0.05, 0) is 51.4 Å². The SMILES string of the molecule is CCCCCCCCCCCCCCCCCC(O)C(CO)NC(=O)CCCCCCCCC/C=C\CCCCCCCCOC(=O)CCCCCCCCCCCCCCCC. The topological polar surface area (TPSA) is 95.9 Å². The number of hydrogen-bond donors (Lipinski definition) is 3. The van der Waals surface area contributed by atoms with Crippen LogP contribution < -0.4 is 5.32 Å². The zero-order valence-corrected chi connectivity index (χ0v) is 42.6. The number of carbonyl (C=O) groups excluding carboxylic acids is 2. The number of esters is 1. The molecular formula is C57H111NO5. The van der Waals surface area contributed by atoms with Gasteiger partial charge < -0.3 is 20.3 Å². The van der Waals surface area contributed by atoms with Gasteiger partial charge in [-0.3, -0.25) is 9.59 Å². The molecule has 6 heteroatoms. The Bertz CT molecular complexity index is 939. The van der Waals surface area contributed by atoms with Crippen molar-refractivity contribution in [3.05, 3.63) is 12.2 Å². The lowest BCUT2D eigenvalue weighted by atomic mass is 10.0. The highest BCUT2D eigenvalue weighted by Crippen LogP contribution is 2.17. The predicted octanol–water partition coefficient (Wildman–Crippen LogP) is 17.3. The van der Waals surface area contributed by atoms with Crippen LogP contribution in [0.3, 0.4) is 0 Å². The van der Waals surface area contributed by atoms with E-state index in [1.54, 1.807) is 0 Å². The fraction of sp³-hybridized carbons (Fsp3) is 0.930. The smallest absolute Gasteiger partial charge is 0.305 e. The summed E-state index contributed by atoms with van der Waals surface area (Å²) >= 11 is 0. The van der Waals surface area contributed by atoms with Crippen LogP contribution >= 0.6 is 0 Å². The van der Waals surface area contributed by atoms with E-state index in [1.807, 2.05) is 0 Å². The first-order chi connectivity index (χ1) is 31.0. The lowest BCUT2D eigenvalue weighted by molar-refractivity contribution is -0.143. The van der Waals surface area contributed by atoms with Gasteiger partial charge in [-0.2, -0.15) is 0 Å². The molecule has 0 saturated heterocycles. The number of nitrogens with one attached hydrogen (secondary N) is 1. The lowest BCUT2D eigenvalue weighted by Crippen LogP contribution is -2.45. The predicted molar refractivity (Wildman–Crippen MR) is 273 cm³/mol. The van der Waals surface area contributed by atoms with Crippen LogP contribution in [0.4, 0.5) is 0 Å². The Balaban J connectivity index is 3.44. The molecule has 1 amide bonds. The first-order valence-corrected chi connectivity index (χ1v) is 28.4. The summed E-state index contributed by atoms with van der Waals surface area (Å²) in [4.78, 5) is 24.5. The minimum absolute atomic E-state index is 0.000936. The maximum Gasteiger partial charge on any atom is 0.305 e. The monoisotopic (exact) mass is 890 g/mol. The van der Waals surface area contributed by atoms with Crippen LogP contribution in [-0.2, 0) is 14.3 Å². The highest BCUT2D eigenvalue weighted by molar-refractivity contribution is 5.76. The number of carbonyl (C=O) groups is 2. The van der Waals surface area contributed by atoms with Gasteiger partial charge in [0, 0.05) is 12.8 Å². The van der Waals surface area contributed by atoms with Gasteiger partial charge in [0.1, 0.15) is 0 Å². The average molecular weight is 891 g/mol. The third kappa shape index (κ3) is 49.9. The van der Waals surface area contributed by atoms with Crippen molar-refractivity contribution >= 4 is 11.9 Å². The van der Waals surface area contributed by atoms with E-state index in [0.29, 0.717) is 25.9 Å². The quantitative estimate of drug-likeness (QED) is 0.0321. The Labute approximate surface area is 393 Å². The normalized spacial score (nSPS) is 12.6. The first-order valence-electron chi connectivity index (χ1n) is 28.4. The minimum atomic E-state index is -0.671. The Morgan fingerprint density at radius 3 is 1.13 bits per heavy atom. The summed E-state index contributed by atoms with van der Waals surface area (Å²) in [5.41, 5.74) is 0. The van der Waals surface area contributed by atoms with Gasteiger partial charge in [0.05, 0.1) is 25.4 Å². The highest BCUT2D eigenvalue weighted by atomic mass is 16.5. The van der Waals surface area contributed by atoms with Gasteiger partial charge in [0.15, 0.2) is 0 Å². The van der Waals surface area contributed by atoms with E-state index in [-0.39, 0.29) is 18.5 Å². The number of rotatable bonds is 53. The van der Waals surface area contributed by atoms with Crippen LogP contribution in [-0.4, -0.2) is 47.4 Å². The average Bonchev–Trinajstić information content (AvgIpc) is 3.28. The Morgan fingerprint density at radius 1 is 0.429 bits per heavy atom. The molecular weight excluding hydrogens is 779 g/mol. The largest absolute Gasteiger partial charge is 0.466 e. The molecule has 0 rings (SSSR count). The van der Waals surface area contributed by atoms with Crippen molar-refractivity contribution in [2.45, 2.75) is 328 Å². The second kappa shape index (κ2) is 53.2. The van der Waals surface area contributed by atoms with Crippen LogP contribution in [0.5, 0.6) is 0 Å². The molecule has 63 heavy (non-hydrogen) atoms. The Hall–Kier alpha value is -1.40. The third-order valence-electron chi connectivity index (χ3n) is 13.3. The number of hydrogen-bond acceptors (Lipinski definition) is 5. The molecule has 0 aliphatic rings. The molecule has 374 valence electrons. The molecule has 0 heterocycles. The molecule has 0 aromatic heterocycles. The second-order valence-electron chi connectivity index (χ2n) is 19.6. The van der Waals surface area contributed by atoms with Crippen molar-refractivity contribution in [2.24, 2.45) is 0 Å². The van der Waals surface area contributed by atoms with E-state index in [2.05, 4.69) is 31.3 Å². The molecule has 0 saturated carbocycles. The number of allylic oxidation sites excluding steroid dienone is 2. The summed E-state index contributed by atoms with van der Waals surface area (Å²) in [5.74, 6) is -0.0442. The van der Waals surface area contributed by atoms with E-state index in [1.165, 1.54) is 231 Å². The molecule has 0 spiro atoms. The number of aliphatic hydroxyl groups is 2. The van der Waals surface area contributed by atoms with Crippen molar-refractivity contribution in [3.8, 4) is 0 Å². The summed E-state index contributed by atoms with van der Waals surface area (Å²) < 4.78 is 5.47. The minimum Gasteiger partial charge on any atom is -0.466 e. The summed E-state index contributed by atoms with van der Waals surface area (Å²) in [5, 5.41) is 23.3. The van der Waals surface area contributed by atoms with E-state index >= 15 is 0 Å². The zero-order valence-electron chi connectivity index (χ0n) is 42.6. The van der Waals surface area contributed by atoms with Gasteiger partial charge >= 0.3 is 5.97 Å². The van der Waals surface area contributed by atoms with E-state index in [9.17, 15) is 19.8 Å². The molecule has 0 aromatic carbocycles. The fourth-order valence-corrected chi connectivity index (χ4v) is 8.93. The fourth-order valence-electron chi connectivity index (χ4n) is 8.93. The summed E-state index contributed by atoms with van der Waals surface area (Å²) in [6, 6.07) is -0.549. The second-order valence-corrected chi connectivity index (χ2v) is 19.6. The van der Waals surface area contributed by atoms with E-state index < -0.39 is 12.1 Å². The number of unbranched alkanes of at least 4 members (excludes halogenated alkanes) is 40. The van der Waals surface area contributed by atoms with Crippen molar-refractivity contribution in [1.82, 2.24) is 5.32 Å². The molecule has 0 radical (unpaired) electrons. The maximum atomic E-state index is 12.5. The van der Waals surface area contributed by atoms with E-state index in [4.69, 9.17) is 4.74 Å². The number of ether oxygens (including phenoxy) is 1. The highest BCUT2D eigenvalue weighted by Gasteiger charge is 2.20. The number of aliphatic hydroxyl groups excluding tert-OH is 2.